The number of carbonyl (C=O) groups excluding carboxylic acids is 1. The van der Waals surface area contributed by atoms with Gasteiger partial charge in [-0.25, -0.2) is 4.98 Å². The van der Waals surface area contributed by atoms with Gasteiger partial charge in [-0.15, -0.1) is 23.7 Å². The number of aryl methyl sites for hydroxylation is 1. The van der Waals surface area contributed by atoms with Crippen molar-refractivity contribution in [3.63, 3.8) is 0 Å². The van der Waals surface area contributed by atoms with Crippen LogP contribution in [0.4, 0.5) is 0 Å². The van der Waals surface area contributed by atoms with Crippen LogP contribution < -0.4 is 15.4 Å². The Bertz CT molecular complexity index is 785. The number of hydrogen-bond donors (Lipinski definition) is 3. The van der Waals surface area contributed by atoms with Gasteiger partial charge in [-0.2, -0.15) is 4.98 Å². The molecule has 0 aromatic carbocycles. The summed E-state index contributed by atoms with van der Waals surface area (Å²) in [6.45, 7) is 3.83. The van der Waals surface area contributed by atoms with Crippen molar-refractivity contribution in [2.75, 3.05) is 33.9 Å². The number of thiophene rings is 1. The average Bonchev–Trinajstić information content (AvgIpc) is 3.16. The van der Waals surface area contributed by atoms with E-state index in [-0.39, 0.29) is 30.8 Å². The third kappa shape index (κ3) is 4.07. The Morgan fingerprint density at radius 2 is 2.15 bits per heavy atom. The van der Waals surface area contributed by atoms with Gasteiger partial charge in [0, 0.05) is 32.7 Å². The Hall–Kier alpha value is -1.52. The van der Waals surface area contributed by atoms with E-state index in [0.29, 0.717) is 41.0 Å². The molecule has 144 valence electrons. The van der Waals surface area contributed by atoms with Gasteiger partial charge in [-0.05, 0) is 12.5 Å². The number of carbonyl (C=O) groups is 1. The summed E-state index contributed by atoms with van der Waals surface area (Å²) in [5, 5.41) is 16.6. The number of fused-ring (bicyclic) bond motifs is 1. The third-order valence-corrected chi connectivity index (χ3v) is 5.49. The van der Waals surface area contributed by atoms with Crippen LogP contribution in [0, 0.1) is 12.8 Å². The lowest BCUT2D eigenvalue weighted by Crippen LogP contribution is -2.34. The molecule has 0 radical (unpaired) electrons. The third-order valence-electron chi connectivity index (χ3n) is 4.31. The number of aliphatic hydroxyl groups is 1. The number of ether oxygens (including phenoxy) is 2. The minimum atomic E-state index is -0.425. The molecular formula is C16H23ClN4O4S. The number of nitrogens with one attached hydrogen (secondary N) is 2. The maximum absolute atomic E-state index is 12.6. The first-order valence-electron chi connectivity index (χ1n) is 8.05. The van der Waals surface area contributed by atoms with E-state index in [1.807, 2.05) is 6.92 Å². The predicted molar refractivity (Wildman–Crippen MR) is 101 cm³/mol. The fourth-order valence-electron chi connectivity index (χ4n) is 2.93. The number of nitrogens with zero attached hydrogens (tertiary/aromatic N) is 2. The molecule has 1 saturated heterocycles. The van der Waals surface area contributed by atoms with Crippen LogP contribution in [0.5, 0.6) is 5.88 Å². The number of hydrogen-bond acceptors (Lipinski definition) is 8. The van der Waals surface area contributed by atoms with E-state index in [9.17, 15) is 9.90 Å². The summed E-state index contributed by atoms with van der Waals surface area (Å²) in [4.78, 5) is 22.7. The molecule has 3 rings (SSSR count). The Morgan fingerprint density at radius 3 is 2.77 bits per heavy atom. The highest BCUT2D eigenvalue weighted by molar-refractivity contribution is 7.20. The molecule has 1 aliphatic heterocycles. The molecule has 2 unspecified atom stereocenters. The molecule has 3 N–H and O–H groups in total. The smallest absolute Gasteiger partial charge is 0.261 e. The highest BCUT2D eigenvalue weighted by Crippen LogP contribution is 2.35. The van der Waals surface area contributed by atoms with Gasteiger partial charge in [-0.3, -0.25) is 4.79 Å². The molecule has 0 saturated carbocycles. The first-order valence-corrected chi connectivity index (χ1v) is 8.86. The maximum atomic E-state index is 12.6. The van der Waals surface area contributed by atoms with Crippen molar-refractivity contribution in [2.24, 2.45) is 5.92 Å². The van der Waals surface area contributed by atoms with Crippen molar-refractivity contribution in [1.82, 2.24) is 20.6 Å². The molecular weight excluding hydrogens is 380 g/mol. The fraction of sp³-hybridized carbons (Fsp3) is 0.562. The van der Waals surface area contributed by atoms with Gasteiger partial charge in [0.1, 0.15) is 11.4 Å². The van der Waals surface area contributed by atoms with Gasteiger partial charge in [0.2, 0.25) is 5.88 Å². The summed E-state index contributed by atoms with van der Waals surface area (Å²) in [7, 11) is 3.12. The zero-order valence-electron chi connectivity index (χ0n) is 14.9. The molecule has 1 fully saturated rings. The molecule has 10 heteroatoms. The van der Waals surface area contributed by atoms with E-state index in [0.717, 1.165) is 10.9 Å². The second-order valence-corrected chi connectivity index (χ2v) is 7.01. The van der Waals surface area contributed by atoms with Gasteiger partial charge in [0.25, 0.3) is 5.91 Å². The van der Waals surface area contributed by atoms with Crippen LogP contribution in [0.25, 0.3) is 10.2 Å². The zero-order valence-corrected chi connectivity index (χ0v) is 16.5. The lowest BCUT2D eigenvalue weighted by molar-refractivity contribution is 0.0930. The second-order valence-electron chi connectivity index (χ2n) is 6.01. The molecule has 1 amide bonds. The van der Waals surface area contributed by atoms with Crippen molar-refractivity contribution in [3.05, 3.63) is 16.3 Å². The van der Waals surface area contributed by atoms with Gasteiger partial charge in [0.15, 0.2) is 5.82 Å². The minimum Gasteiger partial charge on any atom is -0.480 e. The van der Waals surface area contributed by atoms with Gasteiger partial charge in [-0.1, -0.05) is 0 Å². The largest absolute Gasteiger partial charge is 0.480 e. The predicted octanol–water partition coefficient (Wildman–Crippen LogP) is 0.887. The number of aliphatic hydroxyl groups excluding tert-OH is 1. The van der Waals surface area contributed by atoms with Crippen molar-refractivity contribution in [2.45, 2.75) is 19.6 Å². The van der Waals surface area contributed by atoms with Crippen LogP contribution in [0.3, 0.4) is 0 Å². The normalized spacial score (nSPS) is 19.4. The molecule has 1 aliphatic rings. The van der Waals surface area contributed by atoms with Crippen LogP contribution in [-0.2, 0) is 11.3 Å². The standard InChI is InChI=1S/C16H22N4O4S.ClH/c1-8-12-15(24-3)19-11(7-23-2)20-16(12)25-13(8)14(22)18-5-9-4-17-6-10(9)21;/h9-10,17,21H,4-7H2,1-3H3,(H,18,22);1H. The molecule has 26 heavy (non-hydrogen) atoms. The Balaban J connectivity index is 0.00000243. The van der Waals surface area contributed by atoms with Gasteiger partial charge in [0.05, 0.1) is 23.5 Å². The van der Waals surface area contributed by atoms with E-state index >= 15 is 0 Å². The topological polar surface area (TPSA) is 106 Å². The van der Waals surface area contributed by atoms with Crippen molar-refractivity contribution in [1.29, 1.82) is 0 Å². The van der Waals surface area contributed by atoms with Crippen molar-refractivity contribution >= 4 is 39.9 Å². The van der Waals surface area contributed by atoms with Crippen LogP contribution >= 0.6 is 23.7 Å². The van der Waals surface area contributed by atoms with Crippen LogP contribution in [0.2, 0.25) is 0 Å². The monoisotopic (exact) mass is 402 g/mol. The summed E-state index contributed by atoms with van der Waals surface area (Å²) >= 11 is 1.31. The number of halogens is 1. The number of methoxy groups -OCH3 is 2. The first kappa shape index (κ1) is 20.8. The lowest BCUT2D eigenvalue weighted by Gasteiger charge is -2.13. The second kappa shape index (κ2) is 8.92. The summed E-state index contributed by atoms with van der Waals surface area (Å²) in [6.07, 6.45) is -0.425. The molecule has 2 atom stereocenters. The number of amides is 1. The van der Waals surface area contributed by atoms with Crippen molar-refractivity contribution in [3.8, 4) is 5.88 Å². The summed E-state index contributed by atoms with van der Waals surface area (Å²) in [5.41, 5.74) is 0.795. The number of rotatable bonds is 6. The Labute approximate surface area is 161 Å². The summed E-state index contributed by atoms with van der Waals surface area (Å²) in [6, 6.07) is 0. The van der Waals surface area contributed by atoms with E-state index < -0.39 is 6.10 Å². The minimum absolute atomic E-state index is 0. The molecule has 8 nitrogen and oxygen atoms in total. The quantitative estimate of drug-likeness (QED) is 0.658. The lowest BCUT2D eigenvalue weighted by atomic mass is 10.1. The Kier molecular flexibility index (Phi) is 7.13. The average molecular weight is 403 g/mol. The molecule has 2 aromatic heterocycles. The van der Waals surface area contributed by atoms with Crippen molar-refractivity contribution < 1.29 is 19.4 Å². The fourth-order valence-corrected chi connectivity index (χ4v) is 4.04. The summed E-state index contributed by atoms with van der Waals surface area (Å²) < 4.78 is 10.5. The highest BCUT2D eigenvalue weighted by Gasteiger charge is 2.26. The Morgan fingerprint density at radius 1 is 1.38 bits per heavy atom. The van der Waals surface area contributed by atoms with Gasteiger partial charge >= 0.3 is 0 Å². The molecule has 0 spiro atoms. The van der Waals surface area contributed by atoms with Crippen LogP contribution in [0.1, 0.15) is 21.1 Å². The molecule has 3 heterocycles. The number of β-amino-alcohol motifs (C(OH)–C–C–N with tert-alkyl or cyclic N) is 1. The van der Waals surface area contributed by atoms with Gasteiger partial charge < -0.3 is 25.2 Å². The zero-order chi connectivity index (χ0) is 18.0. The maximum Gasteiger partial charge on any atom is 0.261 e. The molecule has 2 aromatic rings. The van der Waals surface area contributed by atoms with E-state index in [1.54, 1.807) is 14.2 Å². The van der Waals surface area contributed by atoms with Crippen LogP contribution in [0.15, 0.2) is 0 Å². The SMILES string of the molecule is COCc1nc(OC)c2c(C)c(C(=O)NCC3CNCC3O)sc2n1.Cl. The van der Waals surface area contributed by atoms with Crippen LogP contribution in [-0.4, -0.2) is 60.9 Å². The van der Waals surface area contributed by atoms with E-state index in [4.69, 9.17) is 9.47 Å². The highest BCUT2D eigenvalue weighted by atomic mass is 35.5. The van der Waals surface area contributed by atoms with E-state index in [1.165, 1.54) is 11.3 Å². The molecule has 0 aliphatic carbocycles. The van der Waals surface area contributed by atoms with E-state index in [2.05, 4.69) is 20.6 Å². The molecule has 0 bridgehead atoms. The summed E-state index contributed by atoms with van der Waals surface area (Å²) in [5.74, 6) is 0.816. The first-order chi connectivity index (χ1) is 12.0. The number of aromatic nitrogens is 2.